The fourth-order valence-electron chi connectivity index (χ4n) is 6.92. The Kier molecular flexibility index (Phi) is 21.5. The van der Waals surface area contributed by atoms with Gasteiger partial charge in [-0.25, -0.2) is 4.79 Å². The highest BCUT2D eigenvalue weighted by Gasteiger charge is 2.38. The number of nitrogens with zero attached hydrogens (tertiary/aromatic N) is 3. The number of aromatic hydroxyl groups is 1. The van der Waals surface area contributed by atoms with Crippen molar-refractivity contribution in [3.05, 3.63) is 29.8 Å². The summed E-state index contributed by atoms with van der Waals surface area (Å²) in [5, 5.41) is 30.2. The Balaban J connectivity index is 2.07. The van der Waals surface area contributed by atoms with Crippen LogP contribution in [0.1, 0.15) is 97.5 Å². The molecule has 0 aliphatic carbocycles. The number of nitrogens with one attached hydrogen (secondary N) is 4. The van der Waals surface area contributed by atoms with Crippen LogP contribution in [-0.2, 0) is 35.2 Å². The van der Waals surface area contributed by atoms with Crippen LogP contribution in [0.25, 0.3) is 0 Å². The fourth-order valence-corrected chi connectivity index (χ4v) is 6.92. The molecule has 12 N–H and O–H groups in total. The van der Waals surface area contributed by atoms with Crippen LogP contribution in [0.15, 0.2) is 29.3 Å². The number of phenols is 1. The second-order valence-corrected chi connectivity index (χ2v) is 17.5. The molecule has 1 aliphatic rings. The molecule has 338 valence electrons. The summed E-state index contributed by atoms with van der Waals surface area (Å²) in [6.07, 6.45) is 5.49. The van der Waals surface area contributed by atoms with Crippen molar-refractivity contribution in [2.45, 2.75) is 135 Å². The molecule has 0 spiro atoms. The summed E-state index contributed by atoms with van der Waals surface area (Å²) < 4.78 is 0.879. The number of unbranched alkanes of at least 4 members (excludes halogenated alkanes) is 2. The highest BCUT2D eigenvalue weighted by molar-refractivity contribution is 5.98. The van der Waals surface area contributed by atoms with Crippen molar-refractivity contribution in [3.63, 3.8) is 0 Å². The minimum absolute atomic E-state index is 0.00877. The van der Waals surface area contributed by atoms with Gasteiger partial charge in [0.1, 0.15) is 29.9 Å². The molecule has 2 rings (SSSR count). The number of hydrogen-bond acceptors (Lipinski definition) is 10. The predicted octanol–water partition coefficient (Wildman–Crippen LogP) is 0.689. The summed E-state index contributed by atoms with van der Waals surface area (Å²) in [7, 11) is 6.40. The van der Waals surface area contributed by atoms with Gasteiger partial charge in [-0.2, -0.15) is 0 Å². The third-order valence-electron chi connectivity index (χ3n) is 10.7. The molecule has 1 saturated heterocycles. The Labute approximate surface area is 355 Å². The lowest BCUT2D eigenvalue weighted by Crippen LogP contribution is -2.59. The van der Waals surface area contributed by atoms with E-state index in [1.165, 1.54) is 17.0 Å². The van der Waals surface area contributed by atoms with Crippen LogP contribution in [0, 0.1) is 11.8 Å². The maximum Gasteiger partial charge on any atom is 0.326 e. The van der Waals surface area contributed by atoms with E-state index in [0.717, 1.165) is 30.3 Å². The van der Waals surface area contributed by atoms with Gasteiger partial charge < -0.3 is 52.7 Å². The van der Waals surface area contributed by atoms with Gasteiger partial charge in [0.05, 0.1) is 39.8 Å². The Bertz CT molecular complexity index is 1600. The maximum atomic E-state index is 14.0. The van der Waals surface area contributed by atoms with E-state index in [9.17, 15) is 39.0 Å². The zero-order valence-electron chi connectivity index (χ0n) is 36.7. The largest absolute Gasteiger partial charge is 0.508 e. The maximum absolute atomic E-state index is 14.0. The number of carboxylic acids is 1. The van der Waals surface area contributed by atoms with Gasteiger partial charge in [-0.15, -0.1) is 0 Å². The first-order valence-electron chi connectivity index (χ1n) is 21.3. The van der Waals surface area contributed by atoms with Gasteiger partial charge in [-0.05, 0) is 80.9 Å². The SMILES string of the molecule is CC[C@H](C)[C@H](NC(=O)[C@H](Cc1ccc(O)cc1)NC(=O)[C@@H]1CCCN1C(=O)[C@@H](N)CCCN=C(N)NC(=O)[C@@H](N)CCCCC[N+](C)(C)C)C(=O)N[C@@H](CC(C)C)C(=O)O. The molecular weight excluding hydrogens is 773 g/mol. The number of quaternary nitrogens is 1. The third-order valence-corrected chi connectivity index (χ3v) is 10.7. The number of benzene rings is 1. The van der Waals surface area contributed by atoms with Gasteiger partial charge in [0.2, 0.25) is 29.5 Å². The molecule has 1 fully saturated rings. The number of carboxylic acid groups (broad SMARTS) is 1. The highest BCUT2D eigenvalue weighted by Crippen LogP contribution is 2.21. The molecule has 0 saturated carbocycles. The Morgan fingerprint density at radius 3 is 2.12 bits per heavy atom. The van der Waals surface area contributed by atoms with Crippen LogP contribution in [0.4, 0.5) is 0 Å². The number of guanidine groups is 1. The van der Waals surface area contributed by atoms with E-state index in [4.69, 9.17) is 17.2 Å². The van der Waals surface area contributed by atoms with Crippen molar-refractivity contribution in [3.8, 4) is 5.75 Å². The third kappa shape index (κ3) is 18.2. The molecule has 18 nitrogen and oxygen atoms in total. The number of hydrogen-bond donors (Lipinski definition) is 9. The smallest absolute Gasteiger partial charge is 0.326 e. The molecule has 0 unspecified atom stereocenters. The van der Waals surface area contributed by atoms with Crippen molar-refractivity contribution in [1.82, 2.24) is 26.2 Å². The molecular formula is C42H73N10O8+. The van der Waals surface area contributed by atoms with E-state index in [1.54, 1.807) is 19.1 Å². The van der Waals surface area contributed by atoms with E-state index < -0.39 is 71.8 Å². The summed E-state index contributed by atoms with van der Waals surface area (Å²) in [5.41, 5.74) is 18.9. The number of phenolic OH excluding ortho intramolecular Hbond substituents is 1. The molecule has 0 radical (unpaired) electrons. The summed E-state index contributed by atoms with van der Waals surface area (Å²) >= 11 is 0. The topological polar surface area (TPSA) is 285 Å². The number of rotatable bonds is 25. The molecule has 1 aliphatic heterocycles. The molecule has 5 amide bonds. The molecule has 1 heterocycles. The number of aliphatic carboxylic acids is 1. The highest BCUT2D eigenvalue weighted by atomic mass is 16.4. The van der Waals surface area contributed by atoms with Crippen LogP contribution >= 0.6 is 0 Å². The first kappa shape index (κ1) is 51.3. The summed E-state index contributed by atoms with van der Waals surface area (Å²) in [5.74, 6) is -4.42. The van der Waals surface area contributed by atoms with Gasteiger partial charge in [0.25, 0.3) is 0 Å². The van der Waals surface area contributed by atoms with Crippen LogP contribution < -0.4 is 38.5 Å². The summed E-state index contributed by atoms with van der Waals surface area (Å²) in [6.45, 7) is 8.78. The molecule has 0 aromatic heterocycles. The number of aliphatic imine (C=N–C) groups is 1. The van der Waals surface area contributed by atoms with E-state index in [1.807, 2.05) is 20.8 Å². The van der Waals surface area contributed by atoms with Crippen LogP contribution in [-0.4, -0.2) is 138 Å². The van der Waals surface area contributed by atoms with Gasteiger partial charge in [0.15, 0.2) is 5.96 Å². The van der Waals surface area contributed by atoms with Gasteiger partial charge in [0, 0.05) is 19.5 Å². The van der Waals surface area contributed by atoms with Crippen molar-refractivity contribution in [2.24, 2.45) is 34.0 Å². The van der Waals surface area contributed by atoms with Crippen molar-refractivity contribution >= 4 is 41.5 Å². The van der Waals surface area contributed by atoms with Crippen LogP contribution in [0.3, 0.4) is 0 Å². The average molecular weight is 846 g/mol. The van der Waals surface area contributed by atoms with Crippen molar-refractivity contribution in [1.29, 1.82) is 0 Å². The zero-order valence-corrected chi connectivity index (χ0v) is 36.7. The summed E-state index contributed by atoms with van der Waals surface area (Å²) in [6, 6.07) is 0.0643. The number of likely N-dealkylation sites (tertiary alicyclic amines) is 1. The molecule has 1 aromatic carbocycles. The number of amides is 5. The second kappa shape index (κ2) is 25.1. The van der Waals surface area contributed by atoms with Crippen LogP contribution in [0.2, 0.25) is 0 Å². The minimum Gasteiger partial charge on any atom is -0.508 e. The minimum atomic E-state index is -1.20. The summed E-state index contributed by atoms with van der Waals surface area (Å²) in [4.78, 5) is 84.9. The molecule has 1 aromatic rings. The predicted molar refractivity (Wildman–Crippen MR) is 230 cm³/mol. The molecule has 7 atom stereocenters. The standard InChI is InChI=1S/C42H72N10O8/c1-8-27(4)35(39(57)48-33(41(59)60)24-26(2)3)49-37(55)32(25-28-17-19-29(53)20-18-28)47-38(56)34-16-13-22-51(34)40(58)31(44)15-12-21-46-42(45)50-36(54)30(43)14-10-9-11-23-52(5,6)7/h17-20,26-27,30-35H,8-16,21-25,43-44H2,1-7H3,(H7-,45,46,47,48,49,50,53,54,55,56,57,59,60)/p+1/t27-,30-,31-,32-,33-,34-,35-/m0/s1. The van der Waals surface area contributed by atoms with Gasteiger partial charge in [-0.3, -0.25) is 34.3 Å². The van der Waals surface area contributed by atoms with Crippen molar-refractivity contribution in [2.75, 3.05) is 40.8 Å². The molecule has 0 bridgehead atoms. The van der Waals surface area contributed by atoms with E-state index in [0.29, 0.717) is 37.7 Å². The Hall–Kier alpha value is -4.81. The first-order chi connectivity index (χ1) is 28.1. The Morgan fingerprint density at radius 2 is 1.52 bits per heavy atom. The Morgan fingerprint density at radius 1 is 0.867 bits per heavy atom. The number of carbonyl (C=O) groups excluding carboxylic acids is 5. The van der Waals surface area contributed by atoms with Crippen LogP contribution in [0.5, 0.6) is 5.75 Å². The van der Waals surface area contributed by atoms with Crippen molar-refractivity contribution < 1.29 is 43.5 Å². The molecule has 60 heavy (non-hydrogen) atoms. The number of nitrogens with two attached hydrogens (primary N) is 3. The van der Waals surface area contributed by atoms with Gasteiger partial charge in [-0.1, -0.05) is 52.7 Å². The lowest BCUT2D eigenvalue weighted by molar-refractivity contribution is -0.870. The first-order valence-corrected chi connectivity index (χ1v) is 21.3. The zero-order chi connectivity index (χ0) is 45.2. The lowest BCUT2D eigenvalue weighted by Gasteiger charge is -2.30. The lowest BCUT2D eigenvalue weighted by atomic mass is 9.96. The quantitative estimate of drug-likeness (QED) is 0.0286. The average Bonchev–Trinajstić information content (AvgIpc) is 3.67. The number of carbonyl (C=O) groups is 6. The normalized spacial score (nSPS) is 17.5. The second-order valence-electron chi connectivity index (χ2n) is 17.5. The van der Waals surface area contributed by atoms with Gasteiger partial charge >= 0.3 is 5.97 Å². The van der Waals surface area contributed by atoms with E-state index in [-0.39, 0.29) is 55.9 Å². The fraction of sp³-hybridized carbons (Fsp3) is 0.690. The monoisotopic (exact) mass is 846 g/mol. The van der Waals surface area contributed by atoms with E-state index in [2.05, 4.69) is 47.4 Å². The van der Waals surface area contributed by atoms with E-state index >= 15 is 0 Å². The molecule has 18 heteroatoms.